The number of carbonyl (C=O) groups excluding carboxylic acids is 1. The van der Waals surface area contributed by atoms with Crippen LogP contribution in [0.4, 0.5) is 5.69 Å². The van der Waals surface area contributed by atoms with Crippen molar-refractivity contribution in [2.75, 3.05) is 11.9 Å². The minimum atomic E-state index is -0.791. The van der Waals surface area contributed by atoms with Crippen molar-refractivity contribution < 1.29 is 14.7 Å². The summed E-state index contributed by atoms with van der Waals surface area (Å²) in [6, 6.07) is 14.7. The monoisotopic (exact) mass is 297 g/mol. The van der Waals surface area contributed by atoms with E-state index >= 15 is 0 Å². The first-order valence-electron chi connectivity index (χ1n) is 7.23. The van der Waals surface area contributed by atoms with Gasteiger partial charge < -0.3 is 10.4 Å². The highest BCUT2D eigenvalue weighted by molar-refractivity contribution is 6.09. The SMILES string of the molecule is Cc1ccc(C(=O)c2ccc(NCCCC(=O)O)cc2)cc1. The number of anilines is 1. The van der Waals surface area contributed by atoms with Crippen LogP contribution in [-0.2, 0) is 4.79 Å². The van der Waals surface area contributed by atoms with Crippen molar-refractivity contribution in [2.24, 2.45) is 0 Å². The van der Waals surface area contributed by atoms with Crippen molar-refractivity contribution in [3.63, 3.8) is 0 Å². The molecule has 0 atom stereocenters. The highest BCUT2D eigenvalue weighted by Crippen LogP contribution is 2.14. The van der Waals surface area contributed by atoms with Crippen LogP contribution in [0.15, 0.2) is 48.5 Å². The van der Waals surface area contributed by atoms with Crippen LogP contribution in [0.1, 0.15) is 34.3 Å². The van der Waals surface area contributed by atoms with Crippen molar-refractivity contribution in [3.05, 3.63) is 65.2 Å². The summed E-state index contributed by atoms with van der Waals surface area (Å²) in [5, 5.41) is 11.7. The van der Waals surface area contributed by atoms with E-state index in [0.717, 1.165) is 11.3 Å². The van der Waals surface area contributed by atoms with Crippen LogP contribution in [-0.4, -0.2) is 23.4 Å². The zero-order valence-corrected chi connectivity index (χ0v) is 12.5. The lowest BCUT2D eigenvalue weighted by Crippen LogP contribution is -2.05. The van der Waals surface area contributed by atoms with E-state index in [1.54, 1.807) is 12.1 Å². The molecule has 0 aliphatic carbocycles. The Morgan fingerprint density at radius 2 is 1.50 bits per heavy atom. The fraction of sp³-hybridized carbons (Fsp3) is 0.222. The Morgan fingerprint density at radius 3 is 2.05 bits per heavy atom. The quantitative estimate of drug-likeness (QED) is 0.606. The summed E-state index contributed by atoms with van der Waals surface area (Å²) in [4.78, 5) is 22.7. The van der Waals surface area contributed by atoms with Crippen molar-refractivity contribution in [3.8, 4) is 0 Å². The maximum absolute atomic E-state index is 12.3. The molecule has 0 saturated heterocycles. The number of rotatable bonds is 7. The molecule has 0 aromatic heterocycles. The number of aliphatic carboxylic acids is 1. The minimum Gasteiger partial charge on any atom is -0.481 e. The van der Waals surface area contributed by atoms with Gasteiger partial charge in [-0.1, -0.05) is 29.8 Å². The van der Waals surface area contributed by atoms with Gasteiger partial charge >= 0.3 is 5.97 Å². The second kappa shape index (κ2) is 7.41. The standard InChI is InChI=1S/C18H19NO3/c1-13-4-6-14(7-5-13)18(22)15-8-10-16(11-9-15)19-12-2-3-17(20)21/h4-11,19H,2-3,12H2,1H3,(H,20,21). The molecule has 114 valence electrons. The maximum atomic E-state index is 12.3. The number of hydrogen-bond donors (Lipinski definition) is 2. The molecule has 2 aromatic carbocycles. The molecule has 2 rings (SSSR count). The smallest absolute Gasteiger partial charge is 0.303 e. The summed E-state index contributed by atoms with van der Waals surface area (Å²) in [5.74, 6) is -0.793. The predicted octanol–water partition coefficient (Wildman–Crippen LogP) is 3.50. The number of hydrogen-bond acceptors (Lipinski definition) is 3. The number of carbonyl (C=O) groups is 2. The van der Waals surface area contributed by atoms with E-state index < -0.39 is 5.97 Å². The number of carboxylic acids is 1. The van der Waals surface area contributed by atoms with Crippen LogP contribution in [0.5, 0.6) is 0 Å². The average Bonchev–Trinajstić information content (AvgIpc) is 2.52. The molecule has 0 aliphatic heterocycles. The summed E-state index contributed by atoms with van der Waals surface area (Å²) in [7, 11) is 0. The first-order chi connectivity index (χ1) is 10.6. The molecule has 4 heteroatoms. The van der Waals surface area contributed by atoms with Crippen molar-refractivity contribution in [1.82, 2.24) is 0 Å². The summed E-state index contributed by atoms with van der Waals surface area (Å²) < 4.78 is 0. The van der Waals surface area contributed by atoms with Crippen LogP contribution >= 0.6 is 0 Å². The van der Waals surface area contributed by atoms with Gasteiger partial charge in [0.15, 0.2) is 5.78 Å². The van der Waals surface area contributed by atoms with Gasteiger partial charge in [-0.2, -0.15) is 0 Å². The van der Waals surface area contributed by atoms with E-state index in [-0.39, 0.29) is 12.2 Å². The number of nitrogens with one attached hydrogen (secondary N) is 1. The fourth-order valence-electron chi connectivity index (χ4n) is 2.08. The molecule has 4 nitrogen and oxygen atoms in total. The van der Waals surface area contributed by atoms with Crippen molar-refractivity contribution in [2.45, 2.75) is 19.8 Å². The zero-order valence-electron chi connectivity index (χ0n) is 12.5. The molecule has 0 fully saturated rings. The lowest BCUT2D eigenvalue weighted by Gasteiger charge is -2.07. The van der Waals surface area contributed by atoms with E-state index in [9.17, 15) is 9.59 Å². The Morgan fingerprint density at radius 1 is 0.955 bits per heavy atom. The molecule has 0 radical (unpaired) electrons. The Kier molecular flexibility index (Phi) is 5.31. The lowest BCUT2D eigenvalue weighted by molar-refractivity contribution is -0.137. The Labute approximate surface area is 129 Å². The van der Waals surface area contributed by atoms with Crippen LogP contribution in [0, 0.1) is 6.92 Å². The highest BCUT2D eigenvalue weighted by atomic mass is 16.4. The number of ketones is 1. The predicted molar refractivity (Wildman–Crippen MR) is 86.4 cm³/mol. The van der Waals surface area contributed by atoms with Crippen molar-refractivity contribution in [1.29, 1.82) is 0 Å². The maximum Gasteiger partial charge on any atom is 0.303 e. The first-order valence-corrected chi connectivity index (χ1v) is 7.23. The highest BCUT2D eigenvalue weighted by Gasteiger charge is 2.08. The zero-order chi connectivity index (χ0) is 15.9. The third-order valence-electron chi connectivity index (χ3n) is 3.36. The van der Waals surface area contributed by atoms with E-state index in [1.165, 1.54) is 0 Å². The van der Waals surface area contributed by atoms with Crippen LogP contribution in [0.3, 0.4) is 0 Å². The van der Waals surface area contributed by atoms with E-state index in [4.69, 9.17) is 5.11 Å². The van der Waals surface area contributed by atoms with Gasteiger partial charge in [-0.25, -0.2) is 0 Å². The Balaban J connectivity index is 1.95. The van der Waals surface area contributed by atoms with Crippen LogP contribution < -0.4 is 5.32 Å². The first kappa shape index (κ1) is 15.8. The van der Waals surface area contributed by atoms with Gasteiger partial charge in [0, 0.05) is 29.8 Å². The molecule has 22 heavy (non-hydrogen) atoms. The second-order valence-electron chi connectivity index (χ2n) is 5.20. The summed E-state index contributed by atoms with van der Waals surface area (Å²) in [6.45, 7) is 2.58. The van der Waals surface area contributed by atoms with Gasteiger partial charge in [-0.15, -0.1) is 0 Å². The van der Waals surface area contributed by atoms with Crippen LogP contribution in [0.2, 0.25) is 0 Å². The Hall–Kier alpha value is -2.62. The van der Waals surface area contributed by atoms with Crippen LogP contribution in [0.25, 0.3) is 0 Å². The van der Waals surface area contributed by atoms with Gasteiger partial charge in [-0.3, -0.25) is 9.59 Å². The Bertz CT molecular complexity index is 645. The molecule has 0 saturated carbocycles. The molecule has 0 heterocycles. The second-order valence-corrected chi connectivity index (χ2v) is 5.20. The summed E-state index contributed by atoms with van der Waals surface area (Å²) in [6.07, 6.45) is 0.719. The van der Waals surface area contributed by atoms with Gasteiger partial charge in [0.05, 0.1) is 0 Å². The van der Waals surface area contributed by atoms with E-state index in [1.807, 2.05) is 43.3 Å². The van der Waals surface area contributed by atoms with Gasteiger partial charge in [0.25, 0.3) is 0 Å². The summed E-state index contributed by atoms with van der Waals surface area (Å²) >= 11 is 0. The molecular weight excluding hydrogens is 278 g/mol. The normalized spacial score (nSPS) is 10.2. The molecule has 0 bridgehead atoms. The minimum absolute atomic E-state index is 0.00238. The third kappa shape index (κ3) is 4.45. The van der Waals surface area contributed by atoms with Gasteiger partial charge in [0.2, 0.25) is 0 Å². The van der Waals surface area contributed by atoms with Crippen molar-refractivity contribution >= 4 is 17.4 Å². The molecule has 0 amide bonds. The molecular formula is C18H19NO3. The molecule has 0 aliphatic rings. The average molecular weight is 297 g/mol. The number of aryl methyl sites for hydroxylation is 1. The largest absolute Gasteiger partial charge is 0.481 e. The molecule has 0 spiro atoms. The molecule has 2 aromatic rings. The number of benzene rings is 2. The fourth-order valence-corrected chi connectivity index (χ4v) is 2.08. The van der Waals surface area contributed by atoms with Gasteiger partial charge in [0.1, 0.15) is 0 Å². The van der Waals surface area contributed by atoms with Gasteiger partial charge in [-0.05, 0) is 37.6 Å². The molecule has 2 N–H and O–H groups in total. The number of carboxylic acid groups (broad SMARTS) is 1. The lowest BCUT2D eigenvalue weighted by atomic mass is 10.0. The van der Waals surface area contributed by atoms with E-state index in [2.05, 4.69) is 5.32 Å². The molecule has 0 unspecified atom stereocenters. The summed E-state index contributed by atoms with van der Waals surface area (Å²) in [5.41, 5.74) is 3.32. The van der Waals surface area contributed by atoms with E-state index in [0.29, 0.717) is 24.1 Å². The topological polar surface area (TPSA) is 66.4 Å². The third-order valence-corrected chi connectivity index (χ3v) is 3.36.